The molecule has 0 saturated carbocycles. The summed E-state index contributed by atoms with van der Waals surface area (Å²) in [6, 6.07) is 5.69. The Balaban J connectivity index is 2.93. The van der Waals surface area contributed by atoms with Crippen LogP contribution >= 0.6 is 0 Å². The standard InChI is InChI=1S/C14H17NO2/c1-14(2,3)10-8-15-13(16)12-9(10)6-5-7-11(12)17-4/h5-8H,1-4H3,(H,15,16). The number of aromatic nitrogens is 1. The van der Waals surface area contributed by atoms with Crippen LogP contribution in [0.15, 0.2) is 29.2 Å². The van der Waals surface area contributed by atoms with Crippen LogP contribution in [0.2, 0.25) is 0 Å². The van der Waals surface area contributed by atoms with E-state index in [0.717, 1.165) is 10.9 Å². The van der Waals surface area contributed by atoms with Crippen molar-refractivity contribution in [1.29, 1.82) is 0 Å². The summed E-state index contributed by atoms with van der Waals surface area (Å²) in [5, 5.41) is 1.59. The molecule has 0 aliphatic carbocycles. The lowest BCUT2D eigenvalue weighted by Gasteiger charge is -2.21. The third kappa shape index (κ3) is 1.93. The Hall–Kier alpha value is -1.77. The molecule has 0 aliphatic rings. The minimum absolute atomic E-state index is 0.0190. The van der Waals surface area contributed by atoms with Crippen molar-refractivity contribution < 1.29 is 4.74 Å². The average molecular weight is 231 g/mol. The number of rotatable bonds is 1. The first-order valence-electron chi connectivity index (χ1n) is 5.64. The molecule has 90 valence electrons. The molecule has 1 aromatic heterocycles. The summed E-state index contributed by atoms with van der Waals surface area (Å²) in [7, 11) is 1.58. The van der Waals surface area contributed by atoms with Crippen LogP contribution in [0, 0.1) is 0 Å². The Morgan fingerprint density at radius 3 is 2.53 bits per heavy atom. The summed E-state index contributed by atoms with van der Waals surface area (Å²) in [6.07, 6.45) is 1.80. The molecule has 3 nitrogen and oxygen atoms in total. The topological polar surface area (TPSA) is 42.1 Å². The van der Waals surface area contributed by atoms with E-state index in [1.54, 1.807) is 13.3 Å². The molecule has 0 fully saturated rings. The molecule has 2 rings (SSSR count). The van der Waals surface area contributed by atoms with Gasteiger partial charge in [0.25, 0.3) is 5.56 Å². The van der Waals surface area contributed by atoms with Crippen LogP contribution < -0.4 is 10.3 Å². The maximum Gasteiger partial charge on any atom is 0.259 e. The molecule has 0 atom stereocenters. The lowest BCUT2D eigenvalue weighted by molar-refractivity contribution is 0.419. The van der Waals surface area contributed by atoms with E-state index in [0.29, 0.717) is 11.1 Å². The number of aromatic amines is 1. The fourth-order valence-electron chi connectivity index (χ4n) is 2.07. The maximum atomic E-state index is 11.9. The fourth-order valence-corrected chi connectivity index (χ4v) is 2.07. The summed E-state index contributed by atoms with van der Waals surface area (Å²) >= 11 is 0. The van der Waals surface area contributed by atoms with Gasteiger partial charge in [-0.25, -0.2) is 0 Å². The molecule has 0 bridgehead atoms. The van der Waals surface area contributed by atoms with Crippen molar-refractivity contribution in [1.82, 2.24) is 4.98 Å². The van der Waals surface area contributed by atoms with E-state index in [2.05, 4.69) is 25.8 Å². The van der Waals surface area contributed by atoms with Crippen LogP contribution in [0.5, 0.6) is 5.75 Å². The minimum atomic E-state index is -0.106. The van der Waals surface area contributed by atoms with Crippen molar-refractivity contribution in [3.8, 4) is 5.75 Å². The second kappa shape index (κ2) is 3.91. The van der Waals surface area contributed by atoms with Crippen molar-refractivity contribution in [2.75, 3.05) is 7.11 Å². The molecule has 2 aromatic rings. The van der Waals surface area contributed by atoms with Crippen LogP contribution in [0.4, 0.5) is 0 Å². The minimum Gasteiger partial charge on any atom is -0.496 e. The number of nitrogens with one attached hydrogen (secondary N) is 1. The van der Waals surface area contributed by atoms with Gasteiger partial charge in [-0.15, -0.1) is 0 Å². The summed E-state index contributed by atoms with van der Waals surface area (Å²) in [4.78, 5) is 14.7. The lowest BCUT2D eigenvalue weighted by Crippen LogP contribution is -2.17. The molecule has 0 amide bonds. The number of methoxy groups -OCH3 is 1. The fraction of sp³-hybridized carbons (Fsp3) is 0.357. The van der Waals surface area contributed by atoms with Gasteiger partial charge in [-0.05, 0) is 22.4 Å². The molecule has 1 heterocycles. The zero-order valence-electron chi connectivity index (χ0n) is 10.6. The molecule has 0 aliphatic heterocycles. The molecule has 0 radical (unpaired) electrons. The van der Waals surface area contributed by atoms with E-state index in [1.165, 1.54) is 0 Å². The van der Waals surface area contributed by atoms with Crippen LogP contribution in [0.3, 0.4) is 0 Å². The first-order valence-corrected chi connectivity index (χ1v) is 5.64. The number of hydrogen-bond acceptors (Lipinski definition) is 2. The number of ether oxygens (including phenoxy) is 1. The van der Waals surface area contributed by atoms with Gasteiger partial charge in [0.15, 0.2) is 0 Å². The molecule has 0 spiro atoms. The number of pyridine rings is 1. The molecule has 3 heteroatoms. The zero-order valence-corrected chi connectivity index (χ0v) is 10.6. The monoisotopic (exact) mass is 231 g/mol. The first-order chi connectivity index (χ1) is 7.95. The van der Waals surface area contributed by atoms with Crippen molar-refractivity contribution in [2.45, 2.75) is 26.2 Å². The van der Waals surface area contributed by atoms with E-state index in [-0.39, 0.29) is 11.0 Å². The predicted octanol–water partition coefficient (Wildman–Crippen LogP) is 2.83. The molecular weight excluding hydrogens is 214 g/mol. The zero-order chi connectivity index (χ0) is 12.6. The molecule has 1 aromatic carbocycles. The Labute approximate surface area is 100 Å². The molecule has 0 unspecified atom stereocenters. The van der Waals surface area contributed by atoms with Gasteiger partial charge in [0.1, 0.15) is 5.75 Å². The summed E-state index contributed by atoms with van der Waals surface area (Å²) in [5.74, 6) is 0.620. The van der Waals surface area contributed by atoms with Gasteiger partial charge in [0, 0.05) is 6.20 Å². The highest BCUT2D eigenvalue weighted by atomic mass is 16.5. The highest BCUT2D eigenvalue weighted by Crippen LogP contribution is 2.31. The van der Waals surface area contributed by atoms with Gasteiger partial charge >= 0.3 is 0 Å². The molecule has 1 N–H and O–H groups in total. The van der Waals surface area contributed by atoms with Crippen molar-refractivity contribution >= 4 is 10.8 Å². The quantitative estimate of drug-likeness (QED) is 0.820. The maximum absolute atomic E-state index is 11.9. The second-order valence-electron chi connectivity index (χ2n) is 5.16. The van der Waals surface area contributed by atoms with Gasteiger partial charge in [-0.2, -0.15) is 0 Å². The Kier molecular flexibility index (Phi) is 2.69. The lowest BCUT2D eigenvalue weighted by atomic mass is 9.85. The summed E-state index contributed by atoms with van der Waals surface area (Å²) < 4.78 is 5.26. The Bertz CT molecular complexity index is 606. The molecule has 0 saturated heterocycles. The van der Waals surface area contributed by atoms with Crippen LogP contribution in [0.1, 0.15) is 26.3 Å². The average Bonchev–Trinajstić information content (AvgIpc) is 2.27. The van der Waals surface area contributed by atoms with E-state index in [1.807, 2.05) is 18.2 Å². The third-order valence-corrected chi connectivity index (χ3v) is 2.92. The highest BCUT2D eigenvalue weighted by Gasteiger charge is 2.19. The Morgan fingerprint density at radius 2 is 1.94 bits per heavy atom. The van der Waals surface area contributed by atoms with E-state index in [4.69, 9.17) is 4.74 Å². The van der Waals surface area contributed by atoms with E-state index in [9.17, 15) is 4.79 Å². The SMILES string of the molecule is COc1cccc2c(C(C)(C)C)c[nH]c(=O)c12. The molecule has 17 heavy (non-hydrogen) atoms. The first kappa shape index (κ1) is 11.7. The van der Waals surface area contributed by atoms with E-state index < -0.39 is 0 Å². The van der Waals surface area contributed by atoms with Gasteiger partial charge < -0.3 is 9.72 Å². The van der Waals surface area contributed by atoms with Gasteiger partial charge in [-0.3, -0.25) is 4.79 Å². The Morgan fingerprint density at radius 1 is 1.24 bits per heavy atom. The summed E-state index contributed by atoms with van der Waals surface area (Å²) in [6.45, 7) is 6.37. The normalized spacial score (nSPS) is 11.8. The number of fused-ring (bicyclic) bond motifs is 1. The van der Waals surface area contributed by atoms with Crippen molar-refractivity contribution in [3.05, 3.63) is 40.3 Å². The van der Waals surface area contributed by atoms with Crippen LogP contribution in [0.25, 0.3) is 10.8 Å². The number of H-pyrrole nitrogens is 1. The van der Waals surface area contributed by atoms with Gasteiger partial charge in [0.05, 0.1) is 12.5 Å². The van der Waals surface area contributed by atoms with Crippen LogP contribution in [-0.2, 0) is 5.41 Å². The highest BCUT2D eigenvalue weighted by molar-refractivity contribution is 5.90. The van der Waals surface area contributed by atoms with Crippen LogP contribution in [-0.4, -0.2) is 12.1 Å². The smallest absolute Gasteiger partial charge is 0.259 e. The largest absolute Gasteiger partial charge is 0.496 e. The van der Waals surface area contributed by atoms with Crippen molar-refractivity contribution in [2.24, 2.45) is 0 Å². The van der Waals surface area contributed by atoms with Crippen molar-refractivity contribution in [3.63, 3.8) is 0 Å². The second-order valence-corrected chi connectivity index (χ2v) is 5.16. The molecular formula is C14H17NO2. The summed E-state index contributed by atoms with van der Waals surface area (Å²) in [5.41, 5.74) is 0.992. The van der Waals surface area contributed by atoms with Gasteiger partial charge in [0.2, 0.25) is 0 Å². The van der Waals surface area contributed by atoms with Gasteiger partial charge in [-0.1, -0.05) is 32.9 Å². The third-order valence-electron chi connectivity index (χ3n) is 2.92. The number of hydrogen-bond donors (Lipinski definition) is 1. The predicted molar refractivity (Wildman–Crippen MR) is 69.8 cm³/mol. The van der Waals surface area contributed by atoms with E-state index >= 15 is 0 Å². The number of benzene rings is 1.